The number of aromatic nitrogens is 1. The predicted octanol–water partition coefficient (Wildman–Crippen LogP) is 3.16. The van der Waals surface area contributed by atoms with E-state index in [1.807, 2.05) is 11.8 Å². The van der Waals surface area contributed by atoms with Gasteiger partial charge in [-0.3, -0.25) is 0 Å². The van der Waals surface area contributed by atoms with Gasteiger partial charge in [0.25, 0.3) is 0 Å². The lowest BCUT2D eigenvalue weighted by Gasteiger charge is -2.39. The molecule has 106 valence electrons. The number of aryl methyl sites for hydroxylation is 2. The third-order valence-electron chi connectivity index (χ3n) is 4.56. The van der Waals surface area contributed by atoms with Gasteiger partial charge in [-0.25, -0.2) is 4.98 Å². The van der Waals surface area contributed by atoms with Gasteiger partial charge in [0.1, 0.15) is 11.9 Å². The molecule has 1 aliphatic heterocycles. The van der Waals surface area contributed by atoms with Gasteiger partial charge in [0.2, 0.25) is 0 Å². The first-order chi connectivity index (χ1) is 9.70. The molecule has 2 atom stereocenters. The molecule has 3 rings (SSSR count). The van der Waals surface area contributed by atoms with E-state index in [1.54, 1.807) is 0 Å². The van der Waals surface area contributed by atoms with Crippen molar-refractivity contribution >= 4 is 17.6 Å². The van der Waals surface area contributed by atoms with Crippen LogP contribution in [0.5, 0.6) is 0 Å². The van der Waals surface area contributed by atoms with Gasteiger partial charge in [0, 0.05) is 29.3 Å². The second-order valence-corrected chi connectivity index (χ2v) is 7.28. The molecule has 1 fully saturated rings. The molecule has 0 saturated carbocycles. The molecule has 1 aliphatic carbocycles. The van der Waals surface area contributed by atoms with Crippen molar-refractivity contribution in [3.05, 3.63) is 22.9 Å². The quantitative estimate of drug-likeness (QED) is 0.795. The molecule has 1 aromatic heterocycles. The monoisotopic (exact) mass is 287 g/mol. The maximum Gasteiger partial charge on any atom is 0.147 e. The number of fused-ring (bicyclic) bond motifs is 1. The molecular weight excluding hydrogens is 266 g/mol. The van der Waals surface area contributed by atoms with E-state index in [2.05, 4.69) is 30.9 Å². The van der Waals surface area contributed by atoms with Gasteiger partial charge in [-0.15, -0.1) is 0 Å². The maximum absolute atomic E-state index is 9.48. The third kappa shape index (κ3) is 2.40. The van der Waals surface area contributed by atoms with E-state index in [0.717, 1.165) is 36.5 Å². The van der Waals surface area contributed by atoms with E-state index >= 15 is 0 Å². The van der Waals surface area contributed by atoms with E-state index in [9.17, 15) is 5.26 Å². The van der Waals surface area contributed by atoms with Gasteiger partial charge in [0.05, 0.1) is 5.56 Å². The fraction of sp³-hybridized carbons (Fsp3) is 0.625. The zero-order valence-corrected chi connectivity index (χ0v) is 13.0. The van der Waals surface area contributed by atoms with Crippen molar-refractivity contribution in [3.63, 3.8) is 0 Å². The highest BCUT2D eigenvalue weighted by Gasteiger charge is 2.29. The summed E-state index contributed by atoms with van der Waals surface area (Å²) in [5, 5.41) is 10.1. The highest BCUT2D eigenvalue weighted by Crippen LogP contribution is 2.32. The van der Waals surface area contributed by atoms with Gasteiger partial charge in [-0.05, 0) is 44.2 Å². The lowest BCUT2D eigenvalue weighted by atomic mass is 9.94. The largest absolute Gasteiger partial charge is 0.351 e. The summed E-state index contributed by atoms with van der Waals surface area (Å²) in [6, 6.07) is 4.90. The van der Waals surface area contributed by atoms with Gasteiger partial charge < -0.3 is 4.90 Å². The minimum atomic E-state index is 0.440. The van der Waals surface area contributed by atoms with Crippen LogP contribution in [-0.4, -0.2) is 28.6 Å². The van der Waals surface area contributed by atoms with E-state index in [4.69, 9.17) is 4.98 Å². The normalized spacial score (nSPS) is 25.9. The summed E-state index contributed by atoms with van der Waals surface area (Å²) in [7, 11) is 0. The molecule has 20 heavy (non-hydrogen) atoms. The average Bonchev–Trinajstić information content (AvgIpc) is 2.48. The molecule has 2 unspecified atom stereocenters. The van der Waals surface area contributed by atoms with Gasteiger partial charge in [-0.1, -0.05) is 6.92 Å². The summed E-state index contributed by atoms with van der Waals surface area (Å²) < 4.78 is 0. The van der Waals surface area contributed by atoms with Crippen molar-refractivity contribution in [2.24, 2.45) is 0 Å². The van der Waals surface area contributed by atoms with Crippen LogP contribution in [0.25, 0.3) is 0 Å². The minimum Gasteiger partial charge on any atom is -0.351 e. The highest BCUT2D eigenvalue weighted by molar-refractivity contribution is 8.00. The molecule has 0 aromatic carbocycles. The van der Waals surface area contributed by atoms with E-state index in [0.29, 0.717) is 11.3 Å². The Balaban J connectivity index is 2.01. The van der Waals surface area contributed by atoms with Crippen LogP contribution < -0.4 is 4.90 Å². The topological polar surface area (TPSA) is 39.9 Å². The van der Waals surface area contributed by atoms with Crippen molar-refractivity contribution < 1.29 is 0 Å². The Kier molecular flexibility index (Phi) is 3.89. The zero-order valence-electron chi connectivity index (χ0n) is 12.2. The molecule has 0 bridgehead atoms. The fourth-order valence-electron chi connectivity index (χ4n) is 3.16. The molecule has 0 N–H and O–H groups in total. The van der Waals surface area contributed by atoms with Crippen LogP contribution >= 0.6 is 11.8 Å². The molecule has 1 saturated heterocycles. The maximum atomic E-state index is 9.48. The summed E-state index contributed by atoms with van der Waals surface area (Å²) >= 11 is 2.01. The Labute approximate surface area is 125 Å². The lowest BCUT2D eigenvalue weighted by molar-refractivity contribution is 0.611. The fourth-order valence-corrected chi connectivity index (χ4v) is 4.26. The number of nitriles is 1. The number of hydrogen-bond acceptors (Lipinski definition) is 4. The van der Waals surface area contributed by atoms with Crippen LogP contribution in [0.2, 0.25) is 0 Å². The van der Waals surface area contributed by atoms with Crippen molar-refractivity contribution in [3.8, 4) is 6.07 Å². The lowest BCUT2D eigenvalue weighted by Crippen LogP contribution is -2.45. The Bertz CT molecular complexity index is 549. The van der Waals surface area contributed by atoms with Crippen LogP contribution in [0, 0.1) is 11.3 Å². The molecule has 4 heteroatoms. The van der Waals surface area contributed by atoms with Gasteiger partial charge >= 0.3 is 0 Å². The first-order valence-corrected chi connectivity index (χ1v) is 8.56. The minimum absolute atomic E-state index is 0.440. The summed E-state index contributed by atoms with van der Waals surface area (Å²) in [5.74, 6) is 2.04. The number of rotatable bonds is 1. The van der Waals surface area contributed by atoms with Crippen molar-refractivity contribution in [2.75, 3.05) is 17.2 Å². The van der Waals surface area contributed by atoms with Gasteiger partial charge in [-0.2, -0.15) is 17.0 Å². The van der Waals surface area contributed by atoms with Crippen LogP contribution in [0.1, 0.15) is 43.5 Å². The number of anilines is 1. The summed E-state index contributed by atoms with van der Waals surface area (Å²) in [4.78, 5) is 7.23. The van der Waals surface area contributed by atoms with Crippen molar-refractivity contribution in [1.82, 2.24) is 4.98 Å². The Morgan fingerprint density at radius 1 is 1.35 bits per heavy atom. The molecular formula is C16H21N3S. The highest BCUT2D eigenvalue weighted by atomic mass is 32.2. The molecule has 0 radical (unpaired) electrons. The summed E-state index contributed by atoms with van der Waals surface area (Å²) in [5.41, 5.74) is 3.28. The van der Waals surface area contributed by atoms with Crippen molar-refractivity contribution in [2.45, 2.75) is 50.8 Å². The third-order valence-corrected chi connectivity index (χ3v) is 5.90. The van der Waals surface area contributed by atoms with E-state index < -0.39 is 0 Å². The number of nitrogens with zero attached hydrogens (tertiary/aromatic N) is 3. The number of hydrogen-bond donors (Lipinski definition) is 0. The molecule has 0 spiro atoms. The second kappa shape index (κ2) is 5.65. The van der Waals surface area contributed by atoms with Crippen LogP contribution in [0.4, 0.5) is 5.82 Å². The summed E-state index contributed by atoms with van der Waals surface area (Å²) in [6.07, 6.45) is 4.61. The first kappa shape index (κ1) is 13.8. The van der Waals surface area contributed by atoms with Crippen LogP contribution in [0.3, 0.4) is 0 Å². The smallest absolute Gasteiger partial charge is 0.147 e. The molecule has 2 heterocycles. The Morgan fingerprint density at radius 3 is 2.95 bits per heavy atom. The molecule has 0 amide bonds. The number of thioether (sulfide) groups is 1. The summed E-state index contributed by atoms with van der Waals surface area (Å²) in [6.45, 7) is 5.52. The number of pyridine rings is 1. The van der Waals surface area contributed by atoms with E-state index in [1.165, 1.54) is 24.1 Å². The zero-order chi connectivity index (χ0) is 14.1. The molecule has 1 aromatic rings. The second-order valence-electron chi connectivity index (χ2n) is 5.79. The Hall–Kier alpha value is -1.21. The van der Waals surface area contributed by atoms with E-state index in [-0.39, 0.29) is 0 Å². The first-order valence-electron chi connectivity index (χ1n) is 7.52. The SMILES string of the molecule is CC1SCCN(c2nc3c(cc2C#N)CCCC3)C1C. The van der Waals surface area contributed by atoms with Crippen LogP contribution in [0.15, 0.2) is 6.07 Å². The molecule has 2 aliphatic rings. The average molecular weight is 287 g/mol. The molecule has 3 nitrogen and oxygen atoms in total. The van der Waals surface area contributed by atoms with Crippen LogP contribution in [-0.2, 0) is 12.8 Å². The Morgan fingerprint density at radius 2 is 2.15 bits per heavy atom. The van der Waals surface area contributed by atoms with Crippen molar-refractivity contribution in [1.29, 1.82) is 5.26 Å². The standard InChI is InChI=1S/C16H21N3S/c1-11-12(2)20-8-7-19(11)16-14(10-17)9-13-5-3-4-6-15(13)18-16/h9,11-12H,3-8H2,1-2H3. The predicted molar refractivity (Wildman–Crippen MR) is 84.3 cm³/mol. The van der Waals surface area contributed by atoms with Gasteiger partial charge in [0.15, 0.2) is 0 Å².